The average Bonchev–Trinajstić information content (AvgIpc) is 3.16. The van der Waals surface area contributed by atoms with E-state index in [9.17, 15) is 66.4 Å². The molecule has 0 amide bonds. The zero-order valence-electron chi connectivity index (χ0n) is 29.0. The molecule has 0 radical (unpaired) electrons. The van der Waals surface area contributed by atoms with Crippen molar-refractivity contribution in [3.8, 4) is 45.8 Å². The van der Waals surface area contributed by atoms with Crippen LogP contribution in [0.1, 0.15) is 6.92 Å². The lowest BCUT2D eigenvalue weighted by Gasteiger charge is -2.45. The minimum absolute atomic E-state index is 0.00562. The lowest BCUT2D eigenvalue weighted by Crippen LogP contribution is -2.64. The summed E-state index contributed by atoms with van der Waals surface area (Å²) in [4.78, 5) is 0. The number of fused-ring (bicyclic) bond motifs is 1. The molecule has 2 aromatic carbocycles. The molecule has 4 heterocycles. The Morgan fingerprint density at radius 1 is 0.618 bits per heavy atom. The Bertz CT molecular complexity index is 1810. The number of hydrogen-bond acceptors (Lipinski definition) is 20. The molecule has 13 N–H and O–H groups in total. The van der Waals surface area contributed by atoms with Crippen LogP contribution in [0.15, 0.2) is 34.7 Å². The van der Waals surface area contributed by atoms with Crippen molar-refractivity contribution in [2.24, 2.45) is 0 Å². The van der Waals surface area contributed by atoms with Crippen LogP contribution < -0.4 is 14.2 Å². The molecule has 0 unspecified atom stereocenters. The third kappa shape index (κ3) is 7.77. The maximum Gasteiger partial charge on any atom is 0.402 e. The van der Waals surface area contributed by atoms with Gasteiger partial charge in [-0.1, -0.05) is 0 Å². The molecular formula is C34H43O21+. The quantitative estimate of drug-likeness (QED) is 0.0707. The molecule has 3 fully saturated rings. The van der Waals surface area contributed by atoms with Gasteiger partial charge < -0.3 is 99.5 Å². The van der Waals surface area contributed by atoms with Crippen LogP contribution in [0, 0.1) is 0 Å². The highest BCUT2D eigenvalue weighted by Crippen LogP contribution is 2.46. The van der Waals surface area contributed by atoms with Crippen molar-refractivity contribution in [2.45, 2.75) is 99.0 Å². The molecule has 0 spiro atoms. The average molecular weight is 788 g/mol. The number of methoxy groups -OCH3 is 1. The molecule has 3 aliphatic rings. The molecule has 15 atom stereocenters. The molecule has 0 saturated carbocycles. The Kier molecular flexibility index (Phi) is 12.1. The van der Waals surface area contributed by atoms with Crippen LogP contribution in [0.2, 0.25) is 0 Å². The number of benzene rings is 2. The molecule has 55 heavy (non-hydrogen) atoms. The van der Waals surface area contributed by atoms with Gasteiger partial charge in [-0.25, -0.2) is 4.42 Å². The topological polar surface area (TPSA) is 339 Å². The Hall–Kier alpha value is -3.91. The molecule has 3 saturated heterocycles. The fraction of sp³-hybridized carbons (Fsp3) is 0.559. The van der Waals surface area contributed by atoms with Crippen LogP contribution in [0.3, 0.4) is 0 Å². The first-order valence-corrected chi connectivity index (χ1v) is 16.9. The highest BCUT2D eigenvalue weighted by molar-refractivity contribution is 5.89. The number of aliphatic hydroxyl groups is 10. The highest BCUT2D eigenvalue weighted by atomic mass is 16.7. The Morgan fingerprint density at radius 3 is 1.87 bits per heavy atom. The smallest absolute Gasteiger partial charge is 0.402 e. The Balaban J connectivity index is 1.36. The van der Waals surface area contributed by atoms with E-state index in [1.54, 1.807) is 0 Å². The van der Waals surface area contributed by atoms with Gasteiger partial charge in [0.05, 0.1) is 38.1 Å². The second-order valence-electron chi connectivity index (χ2n) is 13.3. The van der Waals surface area contributed by atoms with E-state index in [2.05, 4.69) is 0 Å². The fourth-order valence-corrected chi connectivity index (χ4v) is 6.45. The van der Waals surface area contributed by atoms with Gasteiger partial charge in [-0.05, 0) is 6.92 Å². The van der Waals surface area contributed by atoms with Crippen molar-refractivity contribution < 1.29 is 104 Å². The van der Waals surface area contributed by atoms with Crippen molar-refractivity contribution in [1.29, 1.82) is 0 Å². The highest BCUT2D eigenvalue weighted by Gasteiger charge is 2.51. The van der Waals surface area contributed by atoms with E-state index in [1.165, 1.54) is 26.2 Å². The van der Waals surface area contributed by atoms with E-state index in [0.717, 1.165) is 18.2 Å². The van der Waals surface area contributed by atoms with Crippen LogP contribution in [-0.2, 0) is 18.9 Å². The van der Waals surface area contributed by atoms with Crippen molar-refractivity contribution >= 4 is 11.0 Å². The third-order valence-corrected chi connectivity index (χ3v) is 9.59. The first kappa shape index (κ1) is 40.7. The summed E-state index contributed by atoms with van der Waals surface area (Å²) < 4.78 is 45.4. The van der Waals surface area contributed by atoms with Crippen LogP contribution >= 0.6 is 0 Å². The predicted molar refractivity (Wildman–Crippen MR) is 178 cm³/mol. The van der Waals surface area contributed by atoms with Crippen molar-refractivity contribution in [2.75, 3.05) is 20.3 Å². The molecule has 3 aliphatic heterocycles. The molecule has 0 bridgehead atoms. The Morgan fingerprint density at radius 2 is 1.22 bits per heavy atom. The number of hydrogen-bond donors (Lipinski definition) is 13. The number of phenols is 3. The number of ether oxygens (including phenoxy) is 7. The molecular weight excluding hydrogens is 744 g/mol. The van der Waals surface area contributed by atoms with E-state index >= 15 is 0 Å². The van der Waals surface area contributed by atoms with E-state index in [4.69, 9.17) is 37.6 Å². The second kappa shape index (κ2) is 16.3. The van der Waals surface area contributed by atoms with Gasteiger partial charge in [-0.2, -0.15) is 0 Å². The predicted octanol–water partition coefficient (Wildman–Crippen LogP) is -3.28. The van der Waals surface area contributed by atoms with Gasteiger partial charge >= 0.3 is 11.3 Å². The lowest BCUT2D eigenvalue weighted by molar-refractivity contribution is -0.349. The van der Waals surface area contributed by atoms with E-state index < -0.39 is 123 Å². The van der Waals surface area contributed by atoms with Crippen LogP contribution in [0.25, 0.3) is 22.3 Å². The first-order valence-electron chi connectivity index (χ1n) is 16.9. The van der Waals surface area contributed by atoms with Gasteiger partial charge in [0, 0.05) is 24.3 Å². The maximum atomic E-state index is 11.1. The summed E-state index contributed by atoms with van der Waals surface area (Å²) in [5.41, 5.74) is -0.157. The molecule has 21 nitrogen and oxygen atoms in total. The zero-order valence-corrected chi connectivity index (χ0v) is 29.0. The summed E-state index contributed by atoms with van der Waals surface area (Å²) >= 11 is 0. The SMILES string of the molecule is COc1cc(-c2[o+]c3cc(O)cc(O[C@@H]4O[C@H](CO)[C@@H](O[C@@H]5O[C@@H](C)[C@H](O)[C@@H](O)[C@H]5O)[C@H](O)[C@H]4O)c3cc2O[C@@H]2O[C@H](CO)[C@@H](O)[C@H](O)[C@H]2O)cc(O)c1O. The zero-order chi connectivity index (χ0) is 40.0. The summed E-state index contributed by atoms with van der Waals surface area (Å²) in [5.74, 6) is -2.81. The summed E-state index contributed by atoms with van der Waals surface area (Å²) in [7, 11) is 1.21. The van der Waals surface area contributed by atoms with Crippen molar-refractivity contribution in [1.82, 2.24) is 0 Å². The molecule has 3 aromatic rings. The van der Waals surface area contributed by atoms with Crippen LogP contribution in [0.4, 0.5) is 0 Å². The number of rotatable bonds is 10. The monoisotopic (exact) mass is 787 g/mol. The minimum atomic E-state index is -1.95. The van der Waals surface area contributed by atoms with Gasteiger partial charge in [0.15, 0.2) is 17.8 Å². The van der Waals surface area contributed by atoms with Gasteiger partial charge in [-0.15, -0.1) is 0 Å². The third-order valence-electron chi connectivity index (χ3n) is 9.59. The van der Waals surface area contributed by atoms with Crippen LogP contribution in [-0.4, -0.2) is 179 Å². The Labute approximate surface area is 310 Å². The molecule has 21 heteroatoms. The van der Waals surface area contributed by atoms with Crippen molar-refractivity contribution in [3.63, 3.8) is 0 Å². The molecule has 1 aromatic heterocycles. The minimum Gasteiger partial charge on any atom is -0.507 e. The van der Waals surface area contributed by atoms with Gasteiger partial charge in [-0.3, -0.25) is 0 Å². The van der Waals surface area contributed by atoms with E-state index in [1.807, 2.05) is 0 Å². The number of aliphatic hydroxyl groups excluding tert-OH is 10. The molecule has 0 aliphatic carbocycles. The van der Waals surface area contributed by atoms with E-state index in [-0.39, 0.29) is 39.5 Å². The largest absolute Gasteiger partial charge is 0.507 e. The summed E-state index contributed by atoms with van der Waals surface area (Å²) in [6, 6.07) is 5.72. The maximum absolute atomic E-state index is 11.1. The fourth-order valence-electron chi connectivity index (χ4n) is 6.45. The van der Waals surface area contributed by atoms with Crippen molar-refractivity contribution in [3.05, 3.63) is 30.3 Å². The lowest BCUT2D eigenvalue weighted by atomic mass is 9.97. The van der Waals surface area contributed by atoms with Gasteiger partial charge in [0.1, 0.15) is 84.0 Å². The number of aromatic hydroxyl groups is 3. The normalized spacial score (nSPS) is 36.8. The summed E-state index contributed by atoms with van der Waals surface area (Å²) in [6.45, 7) is -0.223. The van der Waals surface area contributed by atoms with E-state index in [0.29, 0.717) is 0 Å². The molecule has 304 valence electrons. The summed E-state index contributed by atoms with van der Waals surface area (Å²) in [6.07, 6.45) is -24.9. The van der Waals surface area contributed by atoms with Gasteiger partial charge in [0.25, 0.3) is 0 Å². The number of phenolic OH excluding ortho intramolecular Hbond substituents is 3. The van der Waals surface area contributed by atoms with Gasteiger partial charge in [0.2, 0.25) is 24.1 Å². The first-order chi connectivity index (χ1) is 26.1. The molecule has 6 rings (SSSR count). The second-order valence-corrected chi connectivity index (χ2v) is 13.3. The summed E-state index contributed by atoms with van der Waals surface area (Å²) in [5, 5.41) is 135. The van der Waals surface area contributed by atoms with Crippen LogP contribution in [0.5, 0.6) is 34.5 Å². The standard InChI is InChI=1S/C34H42O21/c1-10-21(39)24(42)27(45)32(49-10)55-31-20(9-36)54-34(29(47)26(31)44)51-16-6-12(37)5-15-13(16)7-18(52-33-28(46)25(43)23(41)19(8-35)53-33)30(50-15)11-3-14(38)22(40)17(4-11)48-2/h3-7,10,19-21,23-29,31-36,39,41-47H,8-9H2,1-2H3,(H2-,37,38,40)/p+1/t10-,19+,20+,21-,23+,24+,25-,26+,27+,28+,29+,31+,32-,33+,34+/m0/s1.